The Balaban J connectivity index is 2.03. The van der Waals surface area contributed by atoms with E-state index in [-0.39, 0.29) is 11.5 Å². The van der Waals surface area contributed by atoms with Crippen molar-refractivity contribution in [1.29, 1.82) is 0 Å². The van der Waals surface area contributed by atoms with Gasteiger partial charge in [-0.15, -0.1) is 0 Å². The molecule has 3 rings (SSSR count). The molecule has 2 atom stereocenters. The van der Waals surface area contributed by atoms with Gasteiger partial charge in [0.1, 0.15) is 11.5 Å². The third-order valence-corrected chi connectivity index (χ3v) is 5.21. The van der Waals surface area contributed by atoms with Gasteiger partial charge < -0.3 is 4.74 Å². The molecule has 0 amide bonds. The summed E-state index contributed by atoms with van der Waals surface area (Å²) in [7, 11) is 0. The van der Waals surface area contributed by atoms with Crippen LogP contribution in [0.1, 0.15) is 51.2 Å². The highest BCUT2D eigenvalue weighted by molar-refractivity contribution is 6.10. The second-order valence-electron chi connectivity index (χ2n) is 7.31. The Morgan fingerprint density at radius 2 is 2.00 bits per heavy atom. The Bertz CT molecular complexity index is 767. The van der Waals surface area contributed by atoms with Crippen LogP contribution >= 0.6 is 0 Å². The number of ether oxygens (including phenoxy) is 1. The number of esters is 1. The maximum absolute atomic E-state index is 13.3. The fourth-order valence-corrected chi connectivity index (χ4v) is 3.83. The molecule has 6 nitrogen and oxygen atoms in total. The van der Waals surface area contributed by atoms with Crippen molar-refractivity contribution in [2.24, 2.45) is 10.8 Å². The van der Waals surface area contributed by atoms with Crippen molar-refractivity contribution in [2.45, 2.75) is 45.6 Å². The topological polar surface area (TPSA) is 86.5 Å². The average Bonchev–Trinajstić information content (AvgIpc) is 2.84. The smallest absolute Gasteiger partial charge is 0.324 e. The van der Waals surface area contributed by atoms with Gasteiger partial charge in [-0.1, -0.05) is 30.7 Å². The molecule has 0 saturated carbocycles. The van der Waals surface area contributed by atoms with Crippen molar-refractivity contribution in [3.05, 3.63) is 52.1 Å². The largest absolute Gasteiger partial charge is 0.455 e. The summed E-state index contributed by atoms with van der Waals surface area (Å²) in [6, 6.07) is 5.94. The van der Waals surface area contributed by atoms with Gasteiger partial charge in [0.25, 0.3) is 5.69 Å². The van der Waals surface area contributed by atoms with Crippen molar-refractivity contribution in [3.8, 4) is 0 Å². The first kappa shape index (κ1) is 17.3. The van der Waals surface area contributed by atoms with Gasteiger partial charge in [-0.2, -0.15) is 0 Å². The lowest BCUT2D eigenvalue weighted by Crippen LogP contribution is -2.54. The number of hydrogen-bond acceptors (Lipinski definition) is 5. The third kappa shape index (κ3) is 2.75. The summed E-state index contributed by atoms with van der Waals surface area (Å²) in [4.78, 5) is 36.6. The number of ketones is 1. The molecule has 1 aliphatic carbocycles. The highest BCUT2D eigenvalue weighted by Crippen LogP contribution is 2.51. The van der Waals surface area contributed by atoms with Gasteiger partial charge in [0, 0.05) is 17.7 Å². The van der Waals surface area contributed by atoms with Crippen LogP contribution in [-0.4, -0.2) is 16.7 Å². The number of carbonyl (C=O) groups is 2. The summed E-state index contributed by atoms with van der Waals surface area (Å²) in [6.07, 6.45) is 5.77. The summed E-state index contributed by atoms with van der Waals surface area (Å²) in [6.45, 7) is 3.48. The summed E-state index contributed by atoms with van der Waals surface area (Å²) in [5.41, 5.74) is -1.82. The van der Waals surface area contributed by atoms with Gasteiger partial charge in [0.2, 0.25) is 0 Å². The highest BCUT2D eigenvalue weighted by Gasteiger charge is 2.59. The molecule has 2 unspecified atom stereocenters. The number of carbonyl (C=O) groups excluding carboxylic acids is 2. The SMILES string of the molecule is CC1(C)C(=O)C2(C=CCCCC2)C(=O)OC1c1cccc([N+](=O)[O-])c1. The van der Waals surface area contributed by atoms with Crippen LogP contribution in [0, 0.1) is 20.9 Å². The summed E-state index contributed by atoms with van der Waals surface area (Å²) in [5, 5.41) is 11.0. The molecule has 1 fully saturated rings. The molecule has 1 aliphatic heterocycles. The zero-order valence-corrected chi connectivity index (χ0v) is 14.4. The Hall–Kier alpha value is -2.50. The van der Waals surface area contributed by atoms with E-state index in [0.717, 1.165) is 19.3 Å². The Labute approximate surface area is 146 Å². The standard InChI is InChI=1S/C19H21NO5/c1-18(2)15(13-8-7-9-14(12-13)20(23)24)25-17(22)19(16(18)21)10-5-3-4-6-11-19/h5,7-10,12,15H,3-4,6,11H2,1-2H3. The Morgan fingerprint density at radius 3 is 2.72 bits per heavy atom. The normalized spacial score (nSPS) is 28.5. The quantitative estimate of drug-likeness (QED) is 0.267. The van der Waals surface area contributed by atoms with E-state index in [4.69, 9.17) is 4.74 Å². The molecule has 1 spiro atoms. The van der Waals surface area contributed by atoms with Gasteiger partial charge >= 0.3 is 5.97 Å². The first-order valence-electron chi connectivity index (χ1n) is 8.47. The number of hydrogen-bond donors (Lipinski definition) is 0. The van der Waals surface area contributed by atoms with E-state index in [1.165, 1.54) is 18.2 Å². The number of benzene rings is 1. The Morgan fingerprint density at radius 1 is 1.24 bits per heavy atom. The van der Waals surface area contributed by atoms with Crippen LogP contribution in [0.3, 0.4) is 0 Å². The van der Waals surface area contributed by atoms with Crippen LogP contribution in [0.5, 0.6) is 0 Å². The predicted molar refractivity (Wildman–Crippen MR) is 90.8 cm³/mol. The molecule has 1 heterocycles. The van der Waals surface area contributed by atoms with Crippen LogP contribution in [0.4, 0.5) is 5.69 Å². The average molecular weight is 343 g/mol. The zero-order valence-electron chi connectivity index (χ0n) is 14.4. The van der Waals surface area contributed by atoms with Gasteiger partial charge in [-0.25, -0.2) is 0 Å². The number of nitro groups is 1. The number of allylic oxidation sites excluding steroid dienone is 1. The first-order chi connectivity index (χ1) is 11.8. The fourth-order valence-electron chi connectivity index (χ4n) is 3.83. The molecule has 6 heteroatoms. The lowest BCUT2D eigenvalue weighted by atomic mass is 9.64. The molecule has 2 aliphatic rings. The zero-order chi connectivity index (χ0) is 18.2. The van der Waals surface area contributed by atoms with E-state index in [9.17, 15) is 19.7 Å². The molecule has 25 heavy (non-hydrogen) atoms. The third-order valence-electron chi connectivity index (χ3n) is 5.21. The van der Waals surface area contributed by atoms with Crippen LogP contribution in [0.25, 0.3) is 0 Å². The lowest BCUT2D eigenvalue weighted by molar-refractivity contribution is -0.385. The van der Waals surface area contributed by atoms with Crippen molar-refractivity contribution in [3.63, 3.8) is 0 Å². The van der Waals surface area contributed by atoms with E-state index in [1.54, 1.807) is 26.0 Å². The minimum atomic E-state index is -1.22. The molecule has 132 valence electrons. The summed E-state index contributed by atoms with van der Waals surface area (Å²) in [5.74, 6) is -0.725. The van der Waals surface area contributed by atoms with Gasteiger partial charge in [0.05, 0.1) is 10.3 Å². The number of cyclic esters (lactones) is 1. The summed E-state index contributed by atoms with van der Waals surface area (Å²) < 4.78 is 5.71. The molecular formula is C19H21NO5. The first-order valence-corrected chi connectivity index (χ1v) is 8.47. The summed E-state index contributed by atoms with van der Waals surface area (Å²) >= 11 is 0. The molecule has 0 aromatic heterocycles. The lowest BCUT2D eigenvalue weighted by Gasteiger charge is -2.44. The van der Waals surface area contributed by atoms with Gasteiger partial charge in [-0.3, -0.25) is 19.7 Å². The number of nitrogens with zero attached hydrogens (tertiary/aromatic N) is 1. The van der Waals surface area contributed by atoms with Crippen LogP contribution < -0.4 is 0 Å². The van der Waals surface area contributed by atoms with Crippen LogP contribution in [-0.2, 0) is 14.3 Å². The van der Waals surface area contributed by atoms with E-state index in [1.807, 2.05) is 6.08 Å². The number of Topliss-reactive ketones (excluding diaryl/α,β-unsaturated/α-hetero) is 1. The maximum Gasteiger partial charge on any atom is 0.324 e. The van der Waals surface area contributed by atoms with Crippen molar-refractivity contribution in [1.82, 2.24) is 0 Å². The van der Waals surface area contributed by atoms with Gasteiger partial charge in [0.15, 0.2) is 5.78 Å². The van der Waals surface area contributed by atoms with Crippen LogP contribution in [0.2, 0.25) is 0 Å². The predicted octanol–water partition coefficient (Wildman–Crippen LogP) is 3.90. The molecular weight excluding hydrogens is 322 g/mol. The monoisotopic (exact) mass is 343 g/mol. The molecule has 1 aromatic rings. The molecule has 0 N–H and O–H groups in total. The second-order valence-corrected chi connectivity index (χ2v) is 7.31. The molecule has 1 saturated heterocycles. The molecule has 0 radical (unpaired) electrons. The number of non-ortho nitro benzene ring substituents is 1. The number of rotatable bonds is 2. The van der Waals surface area contributed by atoms with E-state index >= 15 is 0 Å². The molecule has 0 bridgehead atoms. The number of nitro benzene ring substituents is 1. The van der Waals surface area contributed by atoms with Crippen molar-refractivity contribution < 1.29 is 19.2 Å². The maximum atomic E-state index is 13.3. The van der Waals surface area contributed by atoms with E-state index in [2.05, 4.69) is 0 Å². The minimum absolute atomic E-state index is 0.0913. The van der Waals surface area contributed by atoms with Crippen molar-refractivity contribution >= 4 is 17.4 Å². The van der Waals surface area contributed by atoms with Crippen LogP contribution in [0.15, 0.2) is 36.4 Å². The minimum Gasteiger partial charge on any atom is -0.455 e. The van der Waals surface area contributed by atoms with E-state index in [0.29, 0.717) is 12.0 Å². The highest BCUT2D eigenvalue weighted by atomic mass is 16.6. The van der Waals surface area contributed by atoms with E-state index < -0.39 is 27.8 Å². The second kappa shape index (κ2) is 6.10. The Kier molecular flexibility index (Phi) is 4.22. The van der Waals surface area contributed by atoms with Crippen molar-refractivity contribution in [2.75, 3.05) is 0 Å². The fraction of sp³-hybridized carbons (Fsp3) is 0.474. The van der Waals surface area contributed by atoms with Gasteiger partial charge in [-0.05, 0) is 33.1 Å². The molecule has 1 aromatic carbocycles.